The van der Waals surface area contributed by atoms with Crippen LogP contribution in [-0.2, 0) is 6.42 Å². The van der Waals surface area contributed by atoms with E-state index in [0.29, 0.717) is 5.92 Å². The molecule has 0 atom stereocenters. The number of nitrogens with zero attached hydrogens (tertiary/aromatic N) is 2. The van der Waals surface area contributed by atoms with Crippen LogP contribution >= 0.6 is 22.6 Å². The minimum absolute atomic E-state index is 0.708. The summed E-state index contributed by atoms with van der Waals surface area (Å²) < 4.78 is 1.22. The van der Waals surface area contributed by atoms with E-state index < -0.39 is 0 Å². The first kappa shape index (κ1) is 10.7. The number of nitrogens with one attached hydrogen (secondary N) is 1. The lowest BCUT2D eigenvalue weighted by Gasteiger charge is -2.10. The molecule has 1 heterocycles. The van der Waals surface area contributed by atoms with Crippen molar-refractivity contribution in [1.29, 1.82) is 0 Å². The predicted molar refractivity (Wildman–Crippen MR) is 72.7 cm³/mol. The van der Waals surface area contributed by atoms with Crippen molar-refractivity contribution in [3.63, 3.8) is 0 Å². The van der Waals surface area contributed by atoms with Crippen LogP contribution in [0, 0.1) is 9.49 Å². The molecule has 1 aromatic rings. The Morgan fingerprint density at radius 3 is 2.56 bits per heavy atom. The van der Waals surface area contributed by atoms with E-state index in [1.54, 1.807) is 0 Å². The average molecular weight is 329 g/mol. The van der Waals surface area contributed by atoms with Gasteiger partial charge in [-0.1, -0.05) is 0 Å². The molecule has 16 heavy (non-hydrogen) atoms. The maximum Gasteiger partial charge on any atom is 0.143 e. The van der Waals surface area contributed by atoms with E-state index in [2.05, 4.69) is 32.9 Å². The fraction of sp³-hybridized carbons (Fsp3) is 0.667. The van der Waals surface area contributed by atoms with Crippen molar-refractivity contribution in [2.45, 2.75) is 38.0 Å². The van der Waals surface area contributed by atoms with E-state index in [1.807, 2.05) is 7.05 Å². The van der Waals surface area contributed by atoms with Gasteiger partial charge in [0.1, 0.15) is 11.6 Å². The lowest BCUT2D eigenvalue weighted by atomic mass is 10.2. The zero-order valence-electron chi connectivity index (χ0n) is 9.46. The summed E-state index contributed by atoms with van der Waals surface area (Å²) in [6.07, 6.45) is 6.41. The topological polar surface area (TPSA) is 37.8 Å². The van der Waals surface area contributed by atoms with Gasteiger partial charge < -0.3 is 5.32 Å². The summed E-state index contributed by atoms with van der Waals surface area (Å²) in [7, 11) is 1.95. The molecule has 0 amide bonds. The highest BCUT2D eigenvalue weighted by molar-refractivity contribution is 14.1. The smallest absolute Gasteiger partial charge is 0.143 e. The SMILES string of the molecule is CNc1nc(CC2CC2)nc(C2CC2)c1I. The quantitative estimate of drug-likeness (QED) is 0.863. The van der Waals surface area contributed by atoms with Gasteiger partial charge in [-0.15, -0.1) is 0 Å². The highest BCUT2D eigenvalue weighted by Crippen LogP contribution is 2.42. The van der Waals surface area contributed by atoms with Crippen molar-refractivity contribution in [1.82, 2.24) is 9.97 Å². The number of rotatable bonds is 4. The summed E-state index contributed by atoms with van der Waals surface area (Å²) >= 11 is 2.37. The summed E-state index contributed by atoms with van der Waals surface area (Å²) in [4.78, 5) is 9.38. The molecule has 3 rings (SSSR count). The summed E-state index contributed by atoms with van der Waals surface area (Å²) in [6, 6.07) is 0. The van der Waals surface area contributed by atoms with Crippen molar-refractivity contribution in [2.24, 2.45) is 5.92 Å². The molecule has 1 N–H and O–H groups in total. The minimum atomic E-state index is 0.708. The Bertz CT molecular complexity index is 411. The van der Waals surface area contributed by atoms with Crippen LogP contribution in [0.25, 0.3) is 0 Å². The van der Waals surface area contributed by atoms with Crippen LogP contribution in [0.5, 0.6) is 0 Å². The third-order valence-corrected chi connectivity index (χ3v) is 4.36. The molecular weight excluding hydrogens is 313 g/mol. The van der Waals surface area contributed by atoms with E-state index >= 15 is 0 Å². The highest BCUT2D eigenvalue weighted by atomic mass is 127. The Balaban J connectivity index is 1.94. The van der Waals surface area contributed by atoms with E-state index in [1.165, 1.54) is 34.9 Å². The molecule has 2 aliphatic rings. The third-order valence-electron chi connectivity index (χ3n) is 3.29. The van der Waals surface area contributed by atoms with Crippen LogP contribution < -0.4 is 5.32 Å². The molecule has 2 saturated carbocycles. The Hall–Kier alpha value is -0.390. The second kappa shape index (κ2) is 4.13. The molecule has 86 valence electrons. The fourth-order valence-electron chi connectivity index (χ4n) is 1.98. The van der Waals surface area contributed by atoms with Crippen molar-refractivity contribution in [2.75, 3.05) is 12.4 Å². The lowest BCUT2D eigenvalue weighted by molar-refractivity contribution is 0.755. The standard InChI is InChI=1S/C12H16IN3/c1-14-12-10(13)11(8-4-5-8)15-9(16-12)6-7-2-3-7/h7-8H,2-6H2,1H3,(H,14,15,16). The van der Waals surface area contributed by atoms with Gasteiger partial charge in [-0.25, -0.2) is 9.97 Å². The van der Waals surface area contributed by atoms with Gasteiger partial charge in [0.05, 0.1) is 9.26 Å². The summed E-state index contributed by atoms with van der Waals surface area (Å²) in [6.45, 7) is 0. The van der Waals surface area contributed by atoms with Crippen LogP contribution in [0.3, 0.4) is 0 Å². The molecule has 4 heteroatoms. The minimum Gasteiger partial charge on any atom is -0.372 e. The van der Waals surface area contributed by atoms with E-state index in [4.69, 9.17) is 4.98 Å². The molecule has 0 unspecified atom stereocenters. The first-order valence-electron chi connectivity index (χ1n) is 6.02. The van der Waals surface area contributed by atoms with Crippen molar-refractivity contribution in [3.05, 3.63) is 15.1 Å². The summed E-state index contributed by atoms with van der Waals surface area (Å²) in [5.41, 5.74) is 1.29. The Kier molecular flexibility index (Phi) is 2.77. The number of halogens is 1. The molecule has 2 fully saturated rings. The molecule has 0 aliphatic heterocycles. The largest absolute Gasteiger partial charge is 0.372 e. The number of hydrogen-bond donors (Lipinski definition) is 1. The first-order valence-corrected chi connectivity index (χ1v) is 7.10. The predicted octanol–water partition coefficient (Wildman–Crippen LogP) is 2.95. The zero-order valence-corrected chi connectivity index (χ0v) is 11.6. The van der Waals surface area contributed by atoms with Crippen molar-refractivity contribution >= 4 is 28.4 Å². The van der Waals surface area contributed by atoms with E-state index in [9.17, 15) is 0 Å². The second-order valence-corrected chi connectivity index (χ2v) is 5.94. The van der Waals surface area contributed by atoms with E-state index in [-0.39, 0.29) is 0 Å². The summed E-state index contributed by atoms with van der Waals surface area (Å²) in [5.74, 6) is 3.64. The number of hydrogen-bond acceptors (Lipinski definition) is 3. The van der Waals surface area contributed by atoms with Crippen LogP contribution in [0.1, 0.15) is 43.1 Å². The van der Waals surface area contributed by atoms with Gasteiger partial charge in [0.25, 0.3) is 0 Å². The zero-order chi connectivity index (χ0) is 11.1. The highest BCUT2D eigenvalue weighted by Gasteiger charge is 2.30. The third kappa shape index (κ3) is 2.17. The molecular formula is C12H16IN3. The normalized spacial score (nSPS) is 19.9. The van der Waals surface area contributed by atoms with Gasteiger partial charge in [0, 0.05) is 19.4 Å². The number of anilines is 1. The molecule has 0 spiro atoms. The summed E-state index contributed by atoms with van der Waals surface area (Å²) in [5, 5.41) is 3.19. The van der Waals surface area contributed by atoms with E-state index in [0.717, 1.165) is 24.0 Å². The lowest BCUT2D eigenvalue weighted by Crippen LogP contribution is -2.07. The molecule has 2 aliphatic carbocycles. The van der Waals surface area contributed by atoms with Gasteiger partial charge in [-0.3, -0.25) is 0 Å². The molecule has 3 nitrogen and oxygen atoms in total. The first-order chi connectivity index (χ1) is 7.78. The fourth-order valence-corrected chi connectivity index (χ4v) is 2.93. The molecule has 0 aromatic carbocycles. The maximum atomic E-state index is 4.76. The molecule has 0 bridgehead atoms. The Labute approximate surface area is 110 Å². The molecule has 1 aromatic heterocycles. The van der Waals surface area contributed by atoms with Crippen molar-refractivity contribution < 1.29 is 0 Å². The molecule has 0 radical (unpaired) electrons. The number of aromatic nitrogens is 2. The Morgan fingerprint density at radius 2 is 2.00 bits per heavy atom. The van der Waals surface area contributed by atoms with Crippen LogP contribution in [0.2, 0.25) is 0 Å². The Morgan fingerprint density at radius 1 is 1.25 bits per heavy atom. The molecule has 0 saturated heterocycles. The van der Waals surface area contributed by atoms with Crippen LogP contribution in [-0.4, -0.2) is 17.0 Å². The van der Waals surface area contributed by atoms with Crippen LogP contribution in [0.15, 0.2) is 0 Å². The maximum absolute atomic E-state index is 4.76. The van der Waals surface area contributed by atoms with Gasteiger partial charge in [-0.05, 0) is 54.2 Å². The second-order valence-electron chi connectivity index (χ2n) is 4.86. The van der Waals surface area contributed by atoms with Gasteiger partial charge in [0.2, 0.25) is 0 Å². The van der Waals surface area contributed by atoms with Crippen LogP contribution in [0.4, 0.5) is 5.82 Å². The van der Waals surface area contributed by atoms with Crippen molar-refractivity contribution in [3.8, 4) is 0 Å². The monoisotopic (exact) mass is 329 g/mol. The van der Waals surface area contributed by atoms with Gasteiger partial charge >= 0.3 is 0 Å². The van der Waals surface area contributed by atoms with Gasteiger partial charge in [-0.2, -0.15) is 0 Å². The average Bonchev–Trinajstić information content (AvgIpc) is 3.13. The van der Waals surface area contributed by atoms with Gasteiger partial charge in [0.15, 0.2) is 0 Å².